The molecule has 0 radical (unpaired) electrons. The lowest BCUT2D eigenvalue weighted by Gasteiger charge is -2.18. The highest BCUT2D eigenvalue weighted by Crippen LogP contribution is 2.31. The molecule has 4 rings (SSSR count). The molecule has 0 aliphatic rings. The quantitative estimate of drug-likeness (QED) is 0.420. The Morgan fingerprint density at radius 2 is 1.90 bits per heavy atom. The fourth-order valence-corrected chi connectivity index (χ4v) is 4.12. The monoisotopic (exact) mass is 418 g/mol. The van der Waals surface area contributed by atoms with Crippen LogP contribution in [0.1, 0.15) is 30.5 Å². The second-order valence-corrected chi connectivity index (χ2v) is 8.06. The molecule has 2 amide bonds. The fraction of sp³-hybridized carbons (Fsp3) is 0.174. The van der Waals surface area contributed by atoms with Gasteiger partial charge in [0.25, 0.3) is 0 Å². The molecule has 4 aromatic rings. The lowest BCUT2D eigenvalue weighted by atomic mass is 10.0. The number of carbonyl (C=O) groups excluding carboxylic acids is 2. The van der Waals surface area contributed by atoms with Gasteiger partial charge in [-0.3, -0.25) is 9.59 Å². The molecule has 2 aromatic carbocycles. The van der Waals surface area contributed by atoms with Crippen molar-refractivity contribution in [3.8, 4) is 11.3 Å². The number of hydrogen-bond acceptors (Lipinski definition) is 4. The van der Waals surface area contributed by atoms with Crippen molar-refractivity contribution in [2.45, 2.75) is 26.3 Å². The van der Waals surface area contributed by atoms with Crippen molar-refractivity contribution in [2.75, 3.05) is 5.32 Å². The average molecular weight is 419 g/mol. The molecule has 6 nitrogen and oxygen atoms in total. The second-order valence-electron chi connectivity index (χ2n) is 7.20. The predicted molar refractivity (Wildman–Crippen MR) is 120 cm³/mol. The Morgan fingerprint density at radius 3 is 2.67 bits per heavy atom. The van der Waals surface area contributed by atoms with Crippen molar-refractivity contribution in [2.24, 2.45) is 0 Å². The normalized spacial score (nSPS) is 11.9. The number of aromatic amines is 1. The van der Waals surface area contributed by atoms with E-state index in [1.807, 2.05) is 67.0 Å². The second kappa shape index (κ2) is 8.51. The van der Waals surface area contributed by atoms with E-state index < -0.39 is 6.04 Å². The van der Waals surface area contributed by atoms with Crippen molar-refractivity contribution < 1.29 is 9.59 Å². The summed E-state index contributed by atoms with van der Waals surface area (Å²) < 4.78 is 0. The van der Waals surface area contributed by atoms with E-state index in [9.17, 15) is 9.59 Å². The van der Waals surface area contributed by atoms with Crippen LogP contribution in [0.15, 0.2) is 60.1 Å². The Bertz CT molecular complexity index is 1190. The largest absolute Gasteiger partial charge is 0.360 e. The van der Waals surface area contributed by atoms with Crippen molar-refractivity contribution >= 4 is 39.2 Å². The summed E-state index contributed by atoms with van der Waals surface area (Å²) in [5.41, 5.74) is 4.87. The van der Waals surface area contributed by atoms with Crippen LogP contribution >= 0.6 is 11.3 Å². The van der Waals surface area contributed by atoms with E-state index in [4.69, 9.17) is 0 Å². The minimum Gasteiger partial charge on any atom is -0.360 e. The van der Waals surface area contributed by atoms with Gasteiger partial charge in [0.05, 0.1) is 18.2 Å². The highest BCUT2D eigenvalue weighted by molar-refractivity contribution is 7.14. The van der Waals surface area contributed by atoms with E-state index >= 15 is 0 Å². The van der Waals surface area contributed by atoms with E-state index in [0.29, 0.717) is 5.13 Å². The van der Waals surface area contributed by atoms with Crippen LogP contribution in [0.2, 0.25) is 0 Å². The lowest BCUT2D eigenvalue weighted by molar-refractivity contribution is -0.120. The van der Waals surface area contributed by atoms with Crippen LogP contribution in [0.25, 0.3) is 22.2 Å². The first kappa shape index (κ1) is 19.8. The summed E-state index contributed by atoms with van der Waals surface area (Å²) in [4.78, 5) is 32.1. The summed E-state index contributed by atoms with van der Waals surface area (Å²) >= 11 is 1.38. The number of H-pyrrole nitrogens is 1. The highest BCUT2D eigenvalue weighted by Gasteiger charge is 2.18. The third kappa shape index (κ3) is 4.41. The number of fused-ring (bicyclic) bond motifs is 1. The summed E-state index contributed by atoms with van der Waals surface area (Å²) in [6.45, 7) is 3.45. The molecule has 1 atom stereocenters. The van der Waals surface area contributed by atoms with Gasteiger partial charge >= 0.3 is 0 Å². The number of anilines is 1. The summed E-state index contributed by atoms with van der Waals surface area (Å²) in [6.07, 6.45) is 2.06. The minimum absolute atomic E-state index is 0.130. The number of para-hydroxylation sites is 1. The van der Waals surface area contributed by atoms with E-state index in [1.54, 1.807) is 0 Å². The summed E-state index contributed by atoms with van der Waals surface area (Å²) in [5.74, 6) is -0.376. The van der Waals surface area contributed by atoms with Crippen LogP contribution < -0.4 is 10.6 Å². The Kier molecular flexibility index (Phi) is 5.63. The smallest absolute Gasteiger partial charge is 0.228 e. The Balaban J connectivity index is 1.48. The maximum Gasteiger partial charge on any atom is 0.228 e. The summed E-state index contributed by atoms with van der Waals surface area (Å²) in [6, 6.07) is 15.4. The Morgan fingerprint density at radius 1 is 1.13 bits per heavy atom. The van der Waals surface area contributed by atoms with E-state index in [-0.39, 0.29) is 18.2 Å². The molecule has 2 heterocycles. The molecule has 0 spiro atoms. The average Bonchev–Trinajstić information content (AvgIpc) is 3.34. The molecule has 0 aliphatic carbocycles. The van der Waals surface area contributed by atoms with Gasteiger partial charge in [-0.2, -0.15) is 0 Å². The zero-order valence-corrected chi connectivity index (χ0v) is 17.5. The molecular weight excluding hydrogens is 396 g/mol. The molecular formula is C23H22N4O2S. The molecule has 0 saturated carbocycles. The molecule has 3 N–H and O–H groups in total. The van der Waals surface area contributed by atoms with Crippen molar-refractivity contribution in [3.05, 3.63) is 71.2 Å². The number of thiazole rings is 1. The van der Waals surface area contributed by atoms with Gasteiger partial charge in [0.15, 0.2) is 5.13 Å². The lowest BCUT2D eigenvalue weighted by Crippen LogP contribution is -2.29. The fourth-order valence-electron chi connectivity index (χ4n) is 3.39. The van der Waals surface area contributed by atoms with Gasteiger partial charge in [-0.15, -0.1) is 11.3 Å². The van der Waals surface area contributed by atoms with Gasteiger partial charge in [0.2, 0.25) is 11.8 Å². The van der Waals surface area contributed by atoms with Crippen molar-refractivity contribution in [3.63, 3.8) is 0 Å². The van der Waals surface area contributed by atoms with Crippen LogP contribution in [-0.2, 0) is 9.59 Å². The first-order chi connectivity index (χ1) is 14.5. The maximum absolute atomic E-state index is 12.7. The van der Waals surface area contributed by atoms with Gasteiger partial charge < -0.3 is 15.6 Å². The molecule has 7 heteroatoms. The number of aromatic nitrogens is 2. The number of hydrogen-bond donors (Lipinski definition) is 3. The highest BCUT2D eigenvalue weighted by atomic mass is 32.1. The third-order valence-electron chi connectivity index (χ3n) is 4.86. The van der Waals surface area contributed by atoms with Crippen LogP contribution in [0.4, 0.5) is 5.13 Å². The first-order valence-corrected chi connectivity index (χ1v) is 10.5. The van der Waals surface area contributed by atoms with E-state index in [0.717, 1.165) is 33.3 Å². The van der Waals surface area contributed by atoms with Gasteiger partial charge in [-0.25, -0.2) is 4.98 Å². The number of aryl methyl sites for hydroxylation is 1. The van der Waals surface area contributed by atoms with Crippen LogP contribution in [0.3, 0.4) is 0 Å². The van der Waals surface area contributed by atoms with Crippen molar-refractivity contribution in [1.29, 1.82) is 0 Å². The number of nitrogens with zero attached hydrogens (tertiary/aromatic N) is 1. The zero-order valence-electron chi connectivity index (χ0n) is 16.7. The van der Waals surface area contributed by atoms with E-state index in [1.165, 1.54) is 18.3 Å². The molecule has 2 aromatic heterocycles. The minimum atomic E-state index is -0.392. The molecule has 0 unspecified atom stereocenters. The van der Waals surface area contributed by atoms with Crippen molar-refractivity contribution in [1.82, 2.24) is 15.3 Å². The first-order valence-electron chi connectivity index (χ1n) is 9.65. The predicted octanol–water partition coefficient (Wildman–Crippen LogP) is 4.81. The molecule has 0 fully saturated rings. The van der Waals surface area contributed by atoms with Gasteiger partial charge in [-0.1, -0.05) is 48.0 Å². The topological polar surface area (TPSA) is 86.9 Å². The Hall–Kier alpha value is -3.45. The maximum atomic E-state index is 12.7. The number of nitrogens with one attached hydrogen (secondary N) is 3. The summed E-state index contributed by atoms with van der Waals surface area (Å²) in [5, 5.41) is 9.27. The van der Waals surface area contributed by atoms with Gasteiger partial charge in [0.1, 0.15) is 0 Å². The SMILES string of the molecule is CC(=O)N[C@@H](CC(=O)Nc1nc(-c2c[nH]c3ccccc23)cs1)c1ccc(C)cc1. The number of amides is 2. The number of carbonyl (C=O) groups is 2. The molecule has 0 bridgehead atoms. The number of benzene rings is 2. The van der Waals surface area contributed by atoms with Crippen LogP contribution in [0, 0.1) is 6.92 Å². The van der Waals surface area contributed by atoms with Crippen LogP contribution in [0.5, 0.6) is 0 Å². The summed E-state index contributed by atoms with van der Waals surface area (Å²) in [7, 11) is 0. The van der Waals surface area contributed by atoms with Gasteiger partial charge in [0, 0.05) is 35.0 Å². The molecule has 0 aliphatic heterocycles. The molecule has 30 heavy (non-hydrogen) atoms. The van der Waals surface area contributed by atoms with Crippen LogP contribution in [-0.4, -0.2) is 21.8 Å². The molecule has 152 valence electrons. The third-order valence-corrected chi connectivity index (χ3v) is 5.62. The zero-order chi connectivity index (χ0) is 21.1. The van der Waals surface area contributed by atoms with Gasteiger partial charge in [-0.05, 0) is 18.6 Å². The number of rotatable bonds is 6. The Labute approximate surface area is 178 Å². The van der Waals surface area contributed by atoms with E-state index in [2.05, 4.69) is 20.6 Å². The standard InChI is InChI=1S/C23H22N4O2S/c1-14-7-9-16(10-8-14)20(25-15(2)28)11-22(29)27-23-26-21(13-30-23)18-12-24-19-6-4-3-5-17(18)19/h3-10,12-13,20,24H,11H2,1-2H3,(H,25,28)(H,26,27,29)/t20-/m0/s1. The molecule has 0 saturated heterocycles.